The van der Waals surface area contributed by atoms with Crippen LogP contribution in [0.2, 0.25) is 0 Å². The van der Waals surface area contributed by atoms with Crippen LogP contribution in [-0.4, -0.2) is 15.9 Å². The minimum absolute atomic E-state index is 0. The molecule has 0 spiro atoms. The molecule has 0 bridgehead atoms. The average molecular weight is 683 g/mol. The minimum Gasteiger partial charge on any atom is -0.512 e. The molecular weight excluding hydrogens is 651 g/mol. The van der Waals surface area contributed by atoms with Gasteiger partial charge in [0.25, 0.3) is 0 Å². The normalized spacial score (nSPS) is 14.0. The molecule has 38 heavy (non-hydrogen) atoms. The van der Waals surface area contributed by atoms with Crippen LogP contribution in [-0.2, 0) is 35.7 Å². The molecule has 2 heterocycles. The summed E-state index contributed by atoms with van der Waals surface area (Å²) in [5.41, 5.74) is 8.53. The fraction of sp³-hybridized carbons (Fsp3) is 0.273. The standard InChI is InChI=1S/C28H24NO.C5H8O2.Ir/c1-27(2,3)19-14-13-18-24-23-17(10-8-12-22(23)30-26(19)24)25-20(28(18,4)5)15-16-9-6-7-11-21(16)29-25;1-4(6)3-5(2)7;/h6-9,11-15H,1-5H3;3,6H,1-2H3;/q-1;;/b;4-3-;. The molecule has 1 radical (unpaired) electrons. The first-order chi connectivity index (χ1) is 17.4. The first-order valence-electron chi connectivity index (χ1n) is 12.6. The van der Waals surface area contributed by atoms with Gasteiger partial charge in [0.15, 0.2) is 5.78 Å². The van der Waals surface area contributed by atoms with Gasteiger partial charge < -0.3 is 9.52 Å². The molecule has 0 saturated carbocycles. The Balaban J connectivity index is 0.000000375. The van der Waals surface area contributed by atoms with Crippen LogP contribution in [0.1, 0.15) is 65.2 Å². The Bertz CT molecular complexity index is 1730. The zero-order valence-corrected chi connectivity index (χ0v) is 25.2. The summed E-state index contributed by atoms with van der Waals surface area (Å²) in [5, 5.41) is 11.9. The van der Waals surface area contributed by atoms with Gasteiger partial charge in [-0.3, -0.25) is 9.78 Å². The van der Waals surface area contributed by atoms with Gasteiger partial charge >= 0.3 is 0 Å². The van der Waals surface area contributed by atoms with Gasteiger partial charge in [-0.2, -0.15) is 0 Å². The quantitative estimate of drug-likeness (QED) is 0.109. The first-order valence-corrected chi connectivity index (χ1v) is 12.6. The van der Waals surface area contributed by atoms with Crippen LogP contribution in [0.15, 0.2) is 70.8 Å². The molecule has 1 aliphatic rings. The van der Waals surface area contributed by atoms with Crippen LogP contribution in [0, 0.1) is 6.07 Å². The second kappa shape index (κ2) is 9.80. The Labute approximate surface area is 237 Å². The summed E-state index contributed by atoms with van der Waals surface area (Å²) in [7, 11) is 0. The van der Waals surface area contributed by atoms with Crippen LogP contribution >= 0.6 is 0 Å². The Morgan fingerprint density at radius 1 is 1.03 bits per heavy atom. The second-order valence-corrected chi connectivity index (χ2v) is 11.4. The molecule has 4 nitrogen and oxygen atoms in total. The number of fused-ring (bicyclic) bond motifs is 3. The number of carbonyl (C=O) groups excluding carboxylic acids is 1. The number of aliphatic hydroxyl groups excluding tert-OH is 1. The fourth-order valence-corrected chi connectivity index (χ4v) is 5.38. The Morgan fingerprint density at radius 3 is 2.37 bits per heavy atom. The van der Waals surface area contributed by atoms with Crippen LogP contribution in [0.25, 0.3) is 44.1 Å². The maximum Gasteiger partial charge on any atom is 0.155 e. The minimum atomic E-state index is -0.218. The molecule has 0 unspecified atom stereocenters. The van der Waals surface area contributed by atoms with Crippen molar-refractivity contribution in [3.63, 3.8) is 0 Å². The number of hydrogen-bond acceptors (Lipinski definition) is 4. The summed E-state index contributed by atoms with van der Waals surface area (Å²) in [4.78, 5) is 15.2. The number of hydrogen-bond donors (Lipinski definition) is 1. The van der Waals surface area contributed by atoms with E-state index in [0.717, 1.165) is 33.3 Å². The SMILES string of the molecule is CC(=O)/C=C(/C)O.CC(C)(C)c1ccc2c3c1oc1cc[c-]c(c13)-c1nc3ccccc3cc1C2(C)C.[Ir]. The Morgan fingerprint density at radius 2 is 1.74 bits per heavy atom. The van der Waals surface area contributed by atoms with Crippen molar-refractivity contribution >= 4 is 38.6 Å². The zero-order valence-electron chi connectivity index (χ0n) is 22.8. The predicted octanol–water partition coefficient (Wildman–Crippen LogP) is 8.57. The van der Waals surface area contributed by atoms with Gasteiger partial charge in [-0.25, -0.2) is 0 Å². The van der Waals surface area contributed by atoms with E-state index in [-0.39, 0.29) is 42.5 Å². The summed E-state index contributed by atoms with van der Waals surface area (Å²) < 4.78 is 6.52. The van der Waals surface area contributed by atoms with E-state index in [4.69, 9.17) is 14.5 Å². The molecule has 6 rings (SSSR count). The number of rotatable bonds is 1. The fourth-order valence-electron chi connectivity index (χ4n) is 5.38. The number of ketones is 1. The number of para-hydroxylation sites is 1. The molecule has 0 fully saturated rings. The van der Waals surface area contributed by atoms with E-state index < -0.39 is 0 Å². The van der Waals surface area contributed by atoms with Crippen LogP contribution < -0.4 is 0 Å². The van der Waals surface area contributed by atoms with Crippen molar-refractivity contribution in [1.82, 2.24) is 4.98 Å². The van der Waals surface area contributed by atoms with Crippen molar-refractivity contribution in [1.29, 1.82) is 0 Å². The molecule has 5 aromatic rings. The van der Waals surface area contributed by atoms with E-state index in [9.17, 15) is 4.79 Å². The Hall–Kier alpha value is -3.27. The molecule has 3 aromatic carbocycles. The molecule has 5 heteroatoms. The average Bonchev–Trinajstić information content (AvgIpc) is 3.17. The van der Waals surface area contributed by atoms with Gasteiger partial charge in [-0.05, 0) is 52.9 Å². The van der Waals surface area contributed by atoms with E-state index >= 15 is 0 Å². The van der Waals surface area contributed by atoms with Crippen LogP contribution in [0.3, 0.4) is 0 Å². The maximum absolute atomic E-state index is 10.0. The molecule has 2 aromatic heterocycles. The molecule has 0 atom stereocenters. The number of carbonyl (C=O) groups is 1. The number of benzene rings is 3. The monoisotopic (exact) mass is 683 g/mol. The van der Waals surface area contributed by atoms with Crippen molar-refractivity contribution in [3.05, 3.63) is 89.2 Å². The van der Waals surface area contributed by atoms with Crippen molar-refractivity contribution in [2.24, 2.45) is 0 Å². The van der Waals surface area contributed by atoms with Crippen LogP contribution in [0.4, 0.5) is 0 Å². The predicted molar refractivity (Wildman–Crippen MR) is 151 cm³/mol. The smallest absolute Gasteiger partial charge is 0.155 e. The van der Waals surface area contributed by atoms with E-state index in [2.05, 4.69) is 77.1 Å². The summed E-state index contributed by atoms with van der Waals surface area (Å²) in [6.07, 6.45) is 1.17. The third kappa shape index (κ3) is 4.59. The number of furan rings is 1. The Kier molecular flexibility index (Phi) is 7.16. The molecule has 1 aliphatic carbocycles. The van der Waals surface area contributed by atoms with Crippen molar-refractivity contribution in [2.75, 3.05) is 0 Å². The molecule has 0 amide bonds. The van der Waals surface area contributed by atoms with Crippen molar-refractivity contribution < 1.29 is 34.4 Å². The van der Waals surface area contributed by atoms with Crippen LogP contribution in [0.5, 0.6) is 0 Å². The van der Waals surface area contributed by atoms with Gasteiger partial charge in [0.2, 0.25) is 0 Å². The van der Waals surface area contributed by atoms with Gasteiger partial charge in [-0.1, -0.05) is 88.0 Å². The van der Waals surface area contributed by atoms with Gasteiger partial charge in [0, 0.05) is 31.6 Å². The number of pyridine rings is 1. The summed E-state index contributed by atoms with van der Waals surface area (Å²) in [5.74, 6) is -0.0625. The number of aromatic nitrogens is 1. The van der Waals surface area contributed by atoms with Crippen molar-refractivity contribution in [3.8, 4) is 11.3 Å². The zero-order chi connectivity index (χ0) is 26.7. The summed E-state index contributed by atoms with van der Waals surface area (Å²) >= 11 is 0. The van der Waals surface area contributed by atoms with E-state index in [1.165, 1.54) is 47.4 Å². The second-order valence-electron chi connectivity index (χ2n) is 11.4. The molecular formula is C33H32IrNO3-. The largest absolute Gasteiger partial charge is 0.512 e. The molecule has 1 N–H and O–H groups in total. The first kappa shape index (κ1) is 27.8. The third-order valence-electron chi connectivity index (χ3n) is 7.11. The number of allylic oxidation sites excluding steroid dienone is 2. The molecule has 0 saturated heterocycles. The van der Waals surface area contributed by atoms with E-state index in [1.807, 2.05) is 18.2 Å². The van der Waals surface area contributed by atoms with E-state index in [0.29, 0.717) is 0 Å². The summed E-state index contributed by atoms with van der Waals surface area (Å²) in [6.45, 7) is 14.2. The number of nitrogens with zero attached hydrogens (tertiary/aromatic N) is 1. The van der Waals surface area contributed by atoms with E-state index in [1.54, 1.807) is 0 Å². The summed E-state index contributed by atoms with van der Waals surface area (Å²) in [6, 6.07) is 22.8. The van der Waals surface area contributed by atoms with Gasteiger partial charge in [0.05, 0.1) is 16.9 Å². The molecule has 197 valence electrons. The van der Waals surface area contributed by atoms with Crippen molar-refractivity contribution in [2.45, 2.75) is 59.3 Å². The van der Waals surface area contributed by atoms with Gasteiger partial charge in [0.1, 0.15) is 5.58 Å². The molecule has 0 aliphatic heterocycles. The topological polar surface area (TPSA) is 63.3 Å². The number of aliphatic hydroxyl groups is 1. The third-order valence-corrected chi connectivity index (χ3v) is 7.11. The van der Waals surface area contributed by atoms with Gasteiger partial charge in [-0.15, -0.1) is 17.7 Å². The maximum atomic E-state index is 10.0.